The molecule has 0 radical (unpaired) electrons. The highest BCUT2D eigenvalue weighted by Gasteiger charge is 2.36. The number of hydrogen-bond acceptors (Lipinski definition) is 5. The van der Waals surface area contributed by atoms with Gasteiger partial charge in [-0.15, -0.1) is 0 Å². The summed E-state index contributed by atoms with van der Waals surface area (Å²) in [6.07, 6.45) is 7.71. The van der Waals surface area contributed by atoms with Gasteiger partial charge in [0.2, 0.25) is 0 Å². The summed E-state index contributed by atoms with van der Waals surface area (Å²) >= 11 is 6.28. The van der Waals surface area contributed by atoms with E-state index >= 15 is 0 Å². The number of nitrogens with one attached hydrogen (secondary N) is 1. The van der Waals surface area contributed by atoms with E-state index in [9.17, 15) is 17.6 Å². The Kier molecular flexibility index (Phi) is 6.05. The molecule has 4 rings (SSSR count). The van der Waals surface area contributed by atoms with Gasteiger partial charge in [0, 0.05) is 17.7 Å². The summed E-state index contributed by atoms with van der Waals surface area (Å²) in [5.74, 6) is -0.591. The zero-order valence-corrected chi connectivity index (χ0v) is 19.1. The maximum absolute atomic E-state index is 14.1. The van der Waals surface area contributed by atoms with Crippen LogP contribution >= 0.6 is 11.6 Å². The van der Waals surface area contributed by atoms with Crippen molar-refractivity contribution in [1.82, 2.24) is 19.9 Å². The minimum Gasteiger partial charge on any atom is -0.345 e. The van der Waals surface area contributed by atoms with E-state index in [0.717, 1.165) is 24.5 Å². The van der Waals surface area contributed by atoms with Crippen molar-refractivity contribution in [2.45, 2.75) is 31.8 Å². The lowest BCUT2D eigenvalue weighted by molar-refractivity contribution is 0.0942. The second-order valence-corrected chi connectivity index (χ2v) is 10.4. The van der Waals surface area contributed by atoms with Crippen molar-refractivity contribution >= 4 is 38.4 Å². The van der Waals surface area contributed by atoms with Crippen LogP contribution in [0.1, 0.15) is 41.9 Å². The molecule has 1 aromatic carbocycles. The molecule has 0 spiro atoms. The summed E-state index contributed by atoms with van der Waals surface area (Å²) in [6.45, 7) is 1.66. The monoisotopic (exact) mass is 476 g/mol. The molecule has 1 aliphatic carbocycles. The molecular formula is C22H22ClFN4O3S. The smallest absolute Gasteiger partial charge is 0.270 e. The highest BCUT2D eigenvalue weighted by molar-refractivity contribution is 7.93. The third kappa shape index (κ3) is 4.83. The van der Waals surface area contributed by atoms with Crippen LogP contribution in [0.25, 0.3) is 11.0 Å². The third-order valence-electron chi connectivity index (χ3n) is 5.34. The van der Waals surface area contributed by atoms with Crippen molar-refractivity contribution in [3.05, 3.63) is 70.4 Å². The number of hydrogen-bond donors (Lipinski definition) is 1. The summed E-state index contributed by atoms with van der Waals surface area (Å²) < 4.78 is 38.5. The Morgan fingerprint density at radius 1 is 1.34 bits per heavy atom. The second-order valence-electron chi connectivity index (χ2n) is 8.06. The van der Waals surface area contributed by atoms with Gasteiger partial charge in [-0.05, 0) is 43.4 Å². The molecule has 32 heavy (non-hydrogen) atoms. The lowest BCUT2D eigenvalue weighted by Gasteiger charge is -2.21. The van der Waals surface area contributed by atoms with Crippen molar-refractivity contribution in [1.29, 1.82) is 0 Å². The van der Waals surface area contributed by atoms with Gasteiger partial charge in [-0.2, -0.15) is 0 Å². The molecule has 0 saturated heterocycles. The molecule has 0 bridgehead atoms. The van der Waals surface area contributed by atoms with Gasteiger partial charge in [0.15, 0.2) is 9.84 Å². The van der Waals surface area contributed by atoms with E-state index in [1.165, 1.54) is 12.1 Å². The summed E-state index contributed by atoms with van der Waals surface area (Å²) in [5, 5.41) is 3.83. The molecule has 2 atom stereocenters. The predicted octanol–water partition coefficient (Wildman–Crippen LogP) is 3.90. The van der Waals surface area contributed by atoms with Crippen LogP contribution in [0.15, 0.2) is 48.3 Å². The zero-order chi connectivity index (χ0) is 23.0. The number of benzene rings is 1. The van der Waals surface area contributed by atoms with Crippen molar-refractivity contribution < 1.29 is 17.6 Å². The number of rotatable bonds is 7. The summed E-state index contributed by atoms with van der Waals surface area (Å²) in [7, 11) is -3.28. The molecule has 3 aromatic rings. The first-order valence-electron chi connectivity index (χ1n) is 10.1. The number of pyridine rings is 1. The maximum atomic E-state index is 14.1. The molecular weight excluding hydrogens is 455 g/mol. The molecule has 168 valence electrons. The first-order valence-corrected chi connectivity index (χ1v) is 12.4. The second kappa shape index (κ2) is 8.63. The topological polar surface area (TPSA) is 94.0 Å². The van der Waals surface area contributed by atoms with E-state index in [1.807, 2.05) is 10.6 Å². The average Bonchev–Trinajstić information content (AvgIpc) is 3.48. The van der Waals surface area contributed by atoms with Crippen LogP contribution in [0.5, 0.6) is 0 Å². The van der Waals surface area contributed by atoms with Gasteiger partial charge in [-0.3, -0.25) is 4.79 Å². The molecule has 0 aliphatic heterocycles. The molecule has 1 fully saturated rings. The summed E-state index contributed by atoms with van der Waals surface area (Å²) in [6, 6.07) is 5.70. The molecule has 1 saturated carbocycles. The van der Waals surface area contributed by atoms with Crippen LogP contribution < -0.4 is 5.32 Å². The third-order valence-corrected chi connectivity index (χ3v) is 6.39. The van der Waals surface area contributed by atoms with Gasteiger partial charge in [0.1, 0.15) is 11.5 Å². The Labute approximate surface area is 190 Å². The van der Waals surface area contributed by atoms with Crippen molar-refractivity contribution in [3.8, 4) is 0 Å². The van der Waals surface area contributed by atoms with Gasteiger partial charge < -0.3 is 9.88 Å². The fraction of sp³-hybridized carbons (Fsp3) is 0.318. The van der Waals surface area contributed by atoms with Gasteiger partial charge in [-0.25, -0.2) is 22.8 Å². The zero-order valence-electron chi connectivity index (χ0n) is 17.5. The van der Waals surface area contributed by atoms with Crippen LogP contribution in [0, 0.1) is 11.7 Å². The van der Waals surface area contributed by atoms with Crippen LogP contribution in [0.3, 0.4) is 0 Å². The first-order chi connectivity index (χ1) is 15.1. The number of imidazole rings is 1. The minimum atomic E-state index is -3.28. The molecule has 1 N–H and O–H groups in total. The lowest BCUT2D eigenvalue weighted by Crippen LogP contribution is -2.31. The highest BCUT2D eigenvalue weighted by Crippen LogP contribution is 2.46. The molecule has 1 unspecified atom stereocenters. The first kappa shape index (κ1) is 22.4. The number of aromatic nitrogens is 3. The van der Waals surface area contributed by atoms with Crippen molar-refractivity contribution in [2.24, 2.45) is 5.92 Å². The quantitative estimate of drug-likeness (QED) is 0.558. The standard InChI is InChI=1S/C22H22ClFN4O3S/c1-13(8-9-32(2,30)31)27-22(29)18-10-17-19(11-25-18)28(12-26-17)21(14-6-7-14)15-4-3-5-16(24)20(15)23/h3-5,8-14,21H,6-7H2,1-2H3,(H,27,29)/b9-8+/t13-,21?/m1/s1. The molecule has 7 nitrogen and oxygen atoms in total. The lowest BCUT2D eigenvalue weighted by atomic mass is 10.0. The van der Waals surface area contributed by atoms with E-state index in [1.54, 1.807) is 31.6 Å². The summed E-state index contributed by atoms with van der Waals surface area (Å²) in [4.78, 5) is 21.2. The van der Waals surface area contributed by atoms with E-state index in [-0.39, 0.29) is 16.8 Å². The largest absolute Gasteiger partial charge is 0.345 e. The van der Waals surface area contributed by atoms with Gasteiger partial charge in [0.25, 0.3) is 5.91 Å². The van der Waals surface area contributed by atoms with E-state index in [4.69, 9.17) is 11.6 Å². The molecule has 2 heterocycles. The minimum absolute atomic E-state index is 0.103. The van der Waals surface area contributed by atoms with Crippen molar-refractivity contribution in [2.75, 3.05) is 6.26 Å². The number of carbonyl (C=O) groups excluding carboxylic acids is 1. The fourth-order valence-electron chi connectivity index (χ4n) is 3.65. The SMILES string of the molecule is C[C@H](/C=C/S(C)(=O)=O)NC(=O)c1cc2ncn(C(c3cccc(F)c3Cl)C3CC3)c2cn1. The Bertz CT molecular complexity index is 1320. The molecule has 2 aromatic heterocycles. The van der Waals surface area contributed by atoms with E-state index in [0.29, 0.717) is 22.5 Å². The van der Waals surface area contributed by atoms with Crippen LogP contribution in [-0.2, 0) is 9.84 Å². The number of halogens is 2. The number of amides is 1. The van der Waals surface area contributed by atoms with Gasteiger partial charge >= 0.3 is 0 Å². The number of sulfone groups is 1. The Morgan fingerprint density at radius 2 is 2.09 bits per heavy atom. The Hall–Kier alpha value is -2.78. The van der Waals surface area contributed by atoms with E-state index in [2.05, 4.69) is 15.3 Å². The van der Waals surface area contributed by atoms with Crippen LogP contribution in [0.2, 0.25) is 5.02 Å². The fourth-order valence-corrected chi connectivity index (χ4v) is 4.41. The molecule has 10 heteroatoms. The van der Waals surface area contributed by atoms with Crippen molar-refractivity contribution in [3.63, 3.8) is 0 Å². The van der Waals surface area contributed by atoms with Crippen LogP contribution in [-0.4, -0.2) is 41.2 Å². The molecule has 1 amide bonds. The number of nitrogens with zero attached hydrogens (tertiary/aromatic N) is 3. The normalized spacial score (nSPS) is 16.4. The van der Waals surface area contributed by atoms with E-state index < -0.39 is 27.6 Å². The summed E-state index contributed by atoms with van der Waals surface area (Å²) in [5.41, 5.74) is 2.14. The van der Waals surface area contributed by atoms with Crippen LogP contribution in [0.4, 0.5) is 4.39 Å². The number of carbonyl (C=O) groups is 1. The van der Waals surface area contributed by atoms with Gasteiger partial charge in [-0.1, -0.05) is 29.8 Å². The molecule has 1 aliphatic rings. The highest BCUT2D eigenvalue weighted by atomic mass is 35.5. The predicted molar refractivity (Wildman–Crippen MR) is 121 cm³/mol. The number of fused-ring (bicyclic) bond motifs is 1. The van der Waals surface area contributed by atoms with Gasteiger partial charge in [0.05, 0.1) is 34.6 Å². The maximum Gasteiger partial charge on any atom is 0.270 e. The Morgan fingerprint density at radius 3 is 2.78 bits per heavy atom. The average molecular weight is 477 g/mol. The Balaban J connectivity index is 1.62.